The molecule has 1 N–H and O–H groups in total. The molecule has 0 aliphatic heterocycles. The molecule has 0 atom stereocenters. The zero-order valence-electron chi connectivity index (χ0n) is 14.7. The second-order valence-corrected chi connectivity index (χ2v) is 5.53. The van der Waals surface area contributed by atoms with Gasteiger partial charge in [0.15, 0.2) is 6.79 Å². The van der Waals surface area contributed by atoms with Gasteiger partial charge in [-0.3, -0.25) is 0 Å². The third-order valence-electron chi connectivity index (χ3n) is 3.90. The lowest BCUT2D eigenvalue weighted by Crippen LogP contribution is -2.12. The molecule has 0 bridgehead atoms. The summed E-state index contributed by atoms with van der Waals surface area (Å²) in [6, 6.07) is 9.69. The standard InChI is InChI=1S/C20H22O5/c1-5-16-13(2)17(20(22)25-12-23-4)18(21)14(3)19(16)24-11-15-9-7-6-8-10-15/h5-10,21H,1,11-12H2,2-4H3. The fourth-order valence-electron chi connectivity index (χ4n) is 2.58. The number of aromatic hydroxyl groups is 1. The van der Waals surface area contributed by atoms with Gasteiger partial charge in [-0.2, -0.15) is 0 Å². The Morgan fingerprint density at radius 2 is 1.88 bits per heavy atom. The molecule has 0 amide bonds. The Kier molecular flexibility index (Phi) is 6.19. The SMILES string of the molecule is C=Cc1c(C)c(C(=O)OCOC)c(O)c(C)c1OCc1ccccc1. The number of carbonyl (C=O) groups excluding carboxylic acids is 1. The van der Waals surface area contributed by atoms with Crippen molar-refractivity contribution in [1.29, 1.82) is 0 Å². The van der Waals surface area contributed by atoms with E-state index in [2.05, 4.69) is 6.58 Å². The van der Waals surface area contributed by atoms with Gasteiger partial charge in [0.2, 0.25) is 0 Å². The lowest BCUT2D eigenvalue weighted by molar-refractivity contribution is -0.0127. The summed E-state index contributed by atoms with van der Waals surface area (Å²) in [6.45, 7) is 7.36. The van der Waals surface area contributed by atoms with E-state index in [1.165, 1.54) is 7.11 Å². The summed E-state index contributed by atoms with van der Waals surface area (Å²) in [5.74, 6) is -0.318. The maximum absolute atomic E-state index is 12.2. The number of phenols is 1. The van der Waals surface area contributed by atoms with Crippen molar-refractivity contribution < 1.29 is 24.1 Å². The first-order valence-electron chi connectivity index (χ1n) is 7.82. The predicted octanol–water partition coefficient (Wildman–Crippen LogP) is 3.99. The highest BCUT2D eigenvalue weighted by molar-refractivity contribution is 5.96. The molecule has 2 aromatic carbocycles. The highest BCUT2D eigenvalue weighted by atomic mass is 16.7. The van der Waals surface area contributed by atoms with E-state index < -0.39 is 5.97 Å². The van der Waals surface area contributed by atoms with Crippen LogP contribution in [0, 0.1) is 13.8 Å². The summed E-state index contributed by atoms with van der Waals surface area (Å²) < 4.78 is 15.6. The smallest absolute Gasteiger partial charge is 0.344 e. The van der Waals surface area contributed by atoms with Gasteiger partial charge in [-0.15, -0.1) is 0 Å². The molecule has 0 saturated carbocycles. The average molecular weight is 342 g/mol. The summed E-state index contributed by atoms with van der Waals surface area (Å²) in [7, 11) is 1.42. The molecule has 25 heavy (non-hydrogen) atoms. The highest BCUT2D eigenvalue weighted by Crippen LogP contribution is 2.39. The molecule has 0 unspecified atom stereocenters. The van der Waals surface area contributed by atoms with Gasteiger partial charge in [0, 0.05) is 18.2 Å². The Labute approximate surface area is 147 Å². The zero-order valence-corrected chi connectivity index (χ0v) is 14.7. The van der Waals surface area contributed by atoms with Crippen LogP contribution in [0.5, 0.6) is 11.5 Å². The molecule has 132 valence electrons. The minimum Gasteiger partial charge on any atom is -0.507 e. The van der Waals surface area contributed by atoms with Gasteiger partial charge < -0.3 is 19.3 Å². The molecule has 0 heterocycles. The van der Waals surface area contributed by atoms with Crippen LogP contribution in [0.2, 0.25) is 0 Å². The normalized spacial score (nSPS) is 10.4. The van der Waals surface area contributed by atoms with Crippen LogP contribution in [0.15, 0.2) is 36.9 Å². The van der Waals surface area contributed by atoms with Gasteiger partial charge in [-0.25, -0.2) is 4.79 Å². The molecule has 0 aliphatic carbocycles. The Bertz CT molecular complexity index is 766. The van der Waals surface area contributed by atoms with Crippen molar-refractivity contribution in [1.82, 2.24) is 0 Å². The van der Waals surface area contributed by atoms with E-state index in [1.54, 1.807) is 19.9 Å². The van der Waals surface area contributed by atoms with Crippen LogP contribution in [0.3, 0.4) is 0 Å². The van der Waals surface area contributed by atoms with Crippen molar-refractivity contribution in [2.45, 2.75) is 20.5 Å². The molecular formula is C20H22O5. The van der Waals surface area contributed by atoms with Crippen LogP contribution in [0.25, 0.3) is 6.08 Å². The van der Waals surface area contributed by atoms with Gasteiger partial charge in [-0.05, 0) is 25.0 Å². The van der Waals surface area contributed by atoms with Crippen molar-refractivity contribution >= 4 is 12.0 Å². The molecule has 2 aromatic rings. The number of carbonyl (C=O) groups is 1. The van der Waals surface area contributed by atoms with E-state index >= 15 is 0 Å². The third kappa shape index (κ3) is 4.00. The van der Waals surface area contributed by atoms with Gasteiger partial charge >= 0.3 is 5.97 Å². The molecular weight excluding hydrogens is 320 g/mol. The first kappa shape index (κ1) is 18.5. The fourth-order valence-corrected chi connectivity index (χ4v) is 2.58. The maximum atomic E-state index is 12.2. The maximum Gasteiger partial charge on any atom is 0.344 e. The van der Waals surface area contributed by atoms with Crippen LogP contribution in [-0.2, 0) is 16.1 Å². The topological polar surface area (TPSA) is 65.0 Å². The lowest BCUT2D eigenvalue weighted by atomic mass is 9.96. The van der Waals surface area contributed by atoms with Crippen molar-refractivity contribution in [2.75, 3.05) is 13.9 Å². The van der Waals surface area contributed by atoms with Crippen LogP contribution in [0.4, 0.5) is 0 Å². The van der Waals surface area contributed by atoms with E-state index in [0.717, 1.165) is 5.56 Å². The summed E-state index contributed by atoms with van der Waals surface area (Å²) in [5, 5.41) is 10.5. The monoisotopic (exact) mass is 342 g/mol. The van der Waals surface area contributed by atoms with Crippen molar-refractivity contribution in [3.63, 3.8) is 0 Å². The van der Waals surface area contributed by atoms with E-state index in [-0.39, 0.29) is 18.1 Å². The van der Waals surface area contributed by atoms with Crippen LogP contribution < -0.4 is 4.74 Å². The number of rotatable bonds is 7. The van der Waals surface area contributed by atoms with Crippen LogP contribution in [0.1, 0.15) is 32.6 Å². The number of benzene rings is 2. The Morgan fingerprint density at radius 3 is 2.48 bits per heavy atom. The number of phenolic OH excluding ortho intramolecular Hbond substituents is 1. The number of ether oxygens (including phenoxy) is 3. The summed E-state index contributed by atoms with van der Waals surface area (Å²) in [4.78, 5) is 12.2. The molecule has 0 radical (unpaired) electrons. The molecule has 0 spiro atoms. The van der Waals surface area contributed by atoms with Crippen LogP contribution in [-0.4, -0.2) is 25.0 Å². The Balaban J connectivity index is 2.41. The first-order chi connectivity index (χ1) is 12.0. The van der Waals surface area contributed by atoms with Gasteiger partial charge in [0.25, 0.3) is 0 Å². The quantitative estimate of drug-likeness (QED) is 0.609. The fraction of sp³-hybridized carbons (Fsp3) is 0.250. The van der Waals surface area contributed by atoms with Crippen molar-refractivity contribution in [3.05, 3.63) is 64.7 Å². The van der Waals surface area contributed by atoms with E-state index in [4.69, 9.17) is 14.2 Å². The Morgan fingerprint density at radius 1 is 1.20 bits per heavy atom. The molecule has 0 aliphatic rings. The number of esters is 1. The Hall–Kier alpha value is -2.79. The minimum atomic E-state index is -0.655. The largest absolute Gasteiger partial charge is 0.507 e. The van der Waals surface area contributed by atoms with Gasteiger partial charge in [-0.1, -0.05) is 43.0 Å². The van der Waals surface area contributed by atoms with E-state index in [1.807, 2.05) is 30.3 Å². The van der Waals surface area contributed by atoms with E-state index in [0.29, 0.717) is 29.0 Å². The second kappa shape index (κ2) is 8.35. The summed E-state index contributed by atoms with van der Waals surface area (Å²) in [5.41, 5.74) is 2.74. The van der Waals surface area contributed by atoms with Crippen molar-refractivity contribution in [2.24, 2.45) is 0 Å². The first-order valence-corrected chi connectivity index (χ1v) is 7.82. The van der Waals surface area contributed by atoms with E-state index in [9.17, 15) is 9.90 Å². The predicted molar refractivity (Wildman–Crippen MR) is 95.7 cm³/mol. The summed E-state index contributed by atoms with van der Waals surface area (Å²) >= 11 is 0. The second-order valence-electron chi connectivity index (χ2n) is 5.53. The molecule has 0 fully saturated rings. The van der Waals surface area contributed by atoms with Crippen LogP contribution >= 0.6 is 0 Å². The van der Waals surface area contributed by atoms with Gasteiger partial charge in [0.1, 0.15) is 23.7 Å². The average Bonchev–Trinajstić information content (AvgIpc) is 2.62. The highest BCUT2D eigenvalue weighted by Gasteiger charge is 2.24. The number of hydrogen-bond donors (Lipinski definition) is 1. The minimum absolute atomic E-state index is 0.0940. The number of hydrogen-bond acceptors (Lipinski definition) is 5. The molecule has 0 saturated heterocycles. The van der Waals surface area contributed by atoms with Crippen molar-refractivity contribution in [3.8, 4) is 11.5 Å². The zero-order chi connectivity index (χ0) is 18.4. The molecule has 2 rings (SSSR count). The molecule has 5 heteroatoms. The number of methoxy groups -OCH3 is 1. The summed E-state index contributed by atoms with van der Waals surface area (Å²) in [6.07, 6.45) is 1.61. The lowest BCUT2D eigenvalue weighted by Gasteiger charge is -2.19. The third-order valence-corrected chi connectivity index (χ3v) is 3.90. The molecule has 5 nitrogen and oxygen atoms in total. The van der Waals surface area contributed by atoms with Gasteiger partial charge in [0.05, 0.1) is 0 Å². The molecule has 0 aromatic heterocycles.